The van der Waals surface area contributed by atoms with Gasteiger partial charge in [-0.3, -0.25) is 14.1 Å². The Hall–Kier alpha value is -1.63. The second-order valence-electron chi connectivity index (χ2n) is 13.8. The van der Waals surface area contributed by atoms with Crippen LogP contribution in [0.1, 0.15) is 155 Å². The van der Waals surface area contributed by atoms with E-state index in [2.05, 4.69) is 18.4 Å². The van der Waals surface area contributed by atoms with Crippen molar-refractivity contribution in [3.63, 3.8) is 0 Å². The highest BCUT2D eigenvalue weighted by atomic mass is 31.2. The molecular formula is C38H69O12P. The Kier molecular flexibility index (Phi) is 27.7. The van der Waals surface area contributed by atoms with Crippen LogP contribution in [0.25, 0.3) is 0 Å². The fourth-order valence-corrected chi connectivity index (χ4v) is 6.36. The molecule has 0 aromatic carbocycles. The highest BCUT2D eigenvalue weighted by Gasteiger charge is 2.35. The number of phosphoric ester groups is 1. The normalized spacial score (nSPS) is 20.9. The van der Waals surface area contributed by atoms with Gasteiger partial charge in [-0.25, -0.2) is 4.57 Å². The molecule has 0 aromatic rings. The van der Waals surface area contributed by atoms with Crippen LogP contribution in [0.4, 0.5) is 0 Å². The molecule has 1 aliphatic heterocycles. The maximum atomic E-state index is 12.5. The molecule has 0 spiro atoms. The summed E-state index contributed by atoms with van der Waals surface area (Å²) in [5.74, 6) is -1.40. The Labute approximate surface area is 306 Å². The Bertz CT molecular complexity index is 999. The van der Waals surface area contributed by atoms with E-state index in [1.165, 1.54) is 51.4 Å². The van der Waals surface area contributed by atoms with E-state index < -0.39 is 57.1 Å². The Morgan fingerprint density at radius 3 is 2.02 bits per heavy atom. The molecule has 1 heterocycles. The van der Waals surface area contributed by atoms with Gasteiger partial charge in [-0.2, -0.15) is 0 Å². The monoisotopic (exact) mass is 748 g/mol. The van der Waals surface area contributed by atoms with Crippen molar-refractivity contribution < 1.29 is 58.0 Å². The van der Waals surface area contributed by atoms with Crippen LogP contribution in [-0.4, -0.2) is 81.0 Å². The van der Waals surface area contributed by atoms with E-state index in [4.69, 9.17) is 24.0 Å². The van der Waals surface area contributed by atoms with Gasteiger partial charge in [-0.15, -0.1) is 0 Å². The third kappa shape index (κ3) is 26.7. The average Bonchev–Trinajstić information content (AvgIpc) is 3.07. The number of ether oxygens (including phenoxy) is 3. The first-order valence-electron chi connectivity index (χ1n) is 19.5. The highest BCUT2D eigenvalue weighted by Crippen LogP contribution is 2.36. The molecule has 0 bridgehead atoms. The van der Waals surface area contributed by atoms with Gasteiger partial charge >= 0.3 is 19.8 Å². The number of unbranched alkanes of at least 4 members (excludes halogenated alkanes) is 14. The lowest BCUT2D eigenvalue weighted by Crippen LogP contribution is -2.43. The van der Waals surface area contributed by atoms with Crippen molar-refractivity contribution in [3.8, 4) is 0 Å². The van der Waals surface area contributed by atoms with E-state index in [-0.39, 0.29) is 31.8 Å². The minimum Gasteiger partial charge on any atom is -0.462 e. The number of esters is 2. The van der Waals surface area contributed by atoms with Crippen LogP contribution < -0.4 is 0 Å². The van der Waals surface area contributed by atoms with Crippen molar-refractivity contribution in [2.24, 2.45) is 5.92 Å². The number of carbonyl (C=O) groups is 2. The lowest BCUT2D eigenvalue weighted by molar-refractivity contribution is -0.199. The van der Waals surface area contributed by atoms with Gasteiger partial charge < -0.3 is 39.3 Å². The first-order valence-corrected chi connectivity index (χ1v) is 21.1. The zero-order chi connectivity index (χ0) is 37.7. The molecule has 6 atom stereocenters. The minimum absolute atomic E-state index is 0.0200. The van der Waals surface area contributed by atoms with Gasteiger partial charge in [-0.1, -0.05) is 128 Å². The number of carbonyl (C=O) groups excluding carboxylic acids is 2. The van der Waals surface area contributed by atoms with Gasteiger partial charge in [0.1, 0.15) is 6.61 Å². The molecule has 12 nitrogen and oxygen atoms in total. The molecule has 51 heavy (non-hydrogen) atoms. The molecule has 0 aromatic heterocycles. The summed E-state index contributed by atoms with van der Waals surface area (Å²) in [6.45, 7) is 3.33. The van der Waals surface area contributed by atoms with Crippen molar-refractivity contribution in [2.45, 2.75) is 186 Å². The summed E-state index contributed by atoms with van der Waals surface area (Å²) in [5.41, 5.74) is 0. The number of rotatable bonds is 31. The molecule has 1 fully saturated rings. The lowest BCUT2D eigenvalue weighted by Gasteiger charge is -2.36. The summed E-state index contributed by atoms with van der Waals surface area (Å²) in [7, 11) is -4.83. The Morgan fingerprint density at radius 2 is 1.39 bits per heavy atom. The molecule has 13 heteroatoms. The van der Waals surface area contributed by atoms with Crippen LogP contribution in [0.5, 0.6) is 0 Å². The summed E-state index contributed by atoms with van der Waals surface area (Å²) in [6, 6.07) is 0. The summed E-state index contributed by atoms with van der Waals surface area (Å²) >= 11 is 0. The SMILES string of the molecule is CCCCCCCCCCCCCCC(=O)OC[C@H](COP(=O)(O)O)OC(=O)CCC/C=C\C[C@H]1[C@@H](O)CC(O)O[C@@H]1/C=C/[C@@H](O)CCCCC. The lowest BCUT2D eigenvalue weighted by atomic mass is 9.87. The molecule has 1 unspecified atom stereocenters. The van der Waals surface area contributed by atoms with E-state index in [0.717, 1.165) is 38.5 Å². The molecule has 1 aliphatic rings. The van der Waals surface area contributed by atoms with Crippen molar-refractivity contribution in [2.75, 3.05) is 13.2 Å². The van der Waals surface area contributed by atoms with E-state index in [1.807, 2.05) is 12.2 Å². The van der Waals surface area contributed by atoms with Crippen molar-refractivity contribution in [1.82, 2.24) is 0 Å². The van der Waals surface area contributed by atoms with Gasteiger partial charge in [0, 0.05) is 25.2 Å². The van der Waals surface area contributed by atoms with Gasteiger partial charge in [0.25, 0.3) is 0 Å². The smallest absolute Gasteiger partial charge is 0.462 e. The van der Waals surface area contributed by atoms with Crippen molar-refractivity contribution in [1.29, 1.82) is 0 Å². The summed E-state index contributed by atoms with van der Waals surface area (Å²) in [5, 5.41) is 30.8. The fraction of sp³-hybridized carbons (Fsp3) is 0.842. The topological polar surface area (TPSA) is 189 Å². The van der Waals surface area contributed by atoms with Crippen LogP contribution in [0.15, 0.2) is 24.3 Å². The molecule has 298 valence electrons. The maximum Gasteiger partial charge on any atom is 0.469 e. The van der Waals surface area contributed by atoms with E-state index in [1.54, 1.807) is 12.2 Å². The van der Waals surface area contributed by atoms with Gasteiger partial charge in [0.05, 0.1) is 24.9 Å². The van der Waals surface area contributed by atoms with Crippen LogP contribution in [0.2, 0.25) is 0 Å². The second kappa shape index (κ2) is 29.8. The fourth-order valence-electron chi connectivity index (χ4n) is 6.00. The molecule has 1 saturated heterocycles. The molecular weight excluding hydrogens is 679 g/mol. The first kappa shape index (κ1) is 47.4. The summed E-state index contributed by atoms with van der Waals surface area (Å²) in [6.07, 6.45) is 22.4. The largest absolute Gasteiger partial charge is 0.469 e. The predicted octanol–water partition coefficient (Wildman–Crippen LogP) is 7.34. The van der Waals surface area contributed by atoms with E-state index in [0.29, 0.717) is 32.1 Å². The Morgan fingerprint density at radius 1 is 0.804 bits per heavy atom. The van der Waals surface area contributed by atoms with Gasteiger partial charge in [0.2, 0.25) is 0 Å². The van der Waals surface area contributed by atoms with Crippen LogP contribution in [0, 0.1) is 5.92 Å². The Balaban J connectivity index is 2.39. The van der Waals surface area contributed by atoms with Gasteiger partial charge in [-0.05, 0) is 32.1 Å². The van der Waals surface area contributed by atoms with Crippen LogP contribution >= 0.6 is 7.82 Å². The number of allylic oxidation sites excluding steroid dienone is 2. The molecule has 5 N–H and O–H groups in total. The zero-order valence-corrected chi connectivity index (χ0v) is 32.2. The summed E-state index contributed by atoms with van der Waals surface area (Å²) in [4.78, 5) is 42.9. The molecule has 0 radical (unpaired) electrons. The number of aliphatic hydroxyl groups is 3. The van der Waals surface area contributed by atoms with E-state index >= 15 is 0 Å². The third-order valence-corrected chi connectivity index (χ3v) is 9.50. The molecule has 1 rings (SSSR count). The molecule has 0 saturated carbocycles. The van der Waals surface area contributed by atoms with Crippen LogP contribution in [-0.2, 0) is 32.9 Å². The first-order chi connectivity index (χ1) is 24.4. The highest BCUT2D eigenvalue weighted by molar-refractivity contribution is 7.46. The number of hydrogen-bond acceptors (Lipinski definition) is 10. The molecule has 0 amide bonds. The standard InChI is InChI=1S/C38H69O12P/c1-3-5-7-8-9-10-11-12-13-14-15-20-24-36(41)47-29-32(30-48-51(44,45)46)49-37(42)25-21-17-16-19-23-33-34(40)28-38(43)50-35(33)27-26-31(39)22-18-6-4-2/h16,19,26-27,31-35,38-40,43H,3-15,17-18,20-25,28-30H2,1-2H3,(H2,44,45,46)/b19-16-,27-26+/t31-,32+,33-,34-,35+,38?/m0/s1. The second-order valence-corrected chi connectivity index (χ2v) is 15.0. The van der Waals surface area contributed by atoms with Crippen molar-refractivity contribution in [3.05, 3.63) is 24.3 Å². The van der Waals surface area contributed by atoms with Crippen molar-refractivity contribution >= 4 is 19.8 Å². The maximum absolute atomic E-state index is 12.5. The number of phosphoric acid groups is 1. The van der Waals surface area contributed by atoms with Gasteiger partial charge in [0.15, 0.2) is 12.4 Å². The predicted molar refractivity (Wildman–Crippen MR) is 196 cm³/mol. The molecule has 0 aliphatic carbocycles. The average molecular weight is 749 g/mol. The van der Waals surface area contributed by atoms with Crippen LogP contribution in [0.3, 0.4) is 0 Å². The van der Waals surface area contributed by atoms with E-state index in [9.17, 15) is 29.5 Å². The number of hydrogen-bond donors (Lipinski definition) is 5. The quantitative estimate of drug-likeness (QED) is 0.0206. The zero-order valence-electron chi connectivity index (χ0n) is 31.3. The minimum atomic E-state index is -4.83. The number of aliphatic hydroxyl groups excluding tert-OH is 3. The third-order valence-electron chi connectivity index (χ3n) is 9.02. The summed E-state index contributed by atoms with van der Waals surface area (Å²) < 4.78 is 31.9.